The van der Waals surface area contributed by atoms with Gasteiger partial charge in [0.15, 0.2) is 0 Å². The van der Waals surface area contributed by atoms with Crippen LogP contribution in [0, 0.1) is 5.41 Å². The minimum absolute atomic E-state index is 0. The van der Waals surface area contributed by atoms with Gasteiger partial charge in [-0.1, -0.05) is 30.3 Å². The summed E-state index contributed by atoms with van der Waals surface area (Å²) in [5, 5.41) is 0. The second-order valence-electron chi connectivity index (χ2n) is 5.12. The van der Waals surface area contributed by atoms with Gasteiger partial charge in [-0.2, -0.15) is 0 Å². The van der Waals surface area contributed by atoms with Gasteiger partial charge in [-0.05, 0) is 23.8 Å². The summed E-state index contributed by atoms with van der Waals surface area (Å²) < 4.78 is 0. The van der Waals surface area contributed by atoms with Crippen LogP contribution in [0.4, 0.5) is 0 Å². The number of nitrogens with two attached hydrogens (primary N) is 1. The maximum atomic E-state index is 6.18. The van der Waals surface area contributed by atoms with Gasteiger partial charge in [-0.15, -0.1) is 12.4 Å². The van der Waals surface area contributed by atoms with E-state index >= 15 is 0 Å². The molecule has 2 N–H and O–H groups in total. The quantitative estimate of drug-likeness (QED) is 0.855. The van der Waals surface area contributed by atoms with Crippen LogP contribution >= 0.6 is 12.4 Å². The third-order valence-corrected chi connectivity index (χ3v) is 3.92. The first-order valence-electron chi connectivity index (χ1n) is 5.80. The standard InChI is InChI=1S/C13H18N2.ClH/c14-12-9-15(10-13(12)6-7-13)8-11-4-2-1-3-5-11;/h1-5,12H,6-10,14H2;1H. The summed E-state index contributed by atoms with van der Waals surface area (Å²) >= 11 is 0. The molecule has 16 heavy (non-hydrogen) atoms. The lowest BCUT2D eigenvalue weighted by Crippen LogP contribution is -2.30. The molecule has 1 unspecified atom stereocenters. The van der Waals surface area contributed by atoms with Gasteiger partial charge in [0.2, 0.25) is 0 Å². The van der Waals surface area contributed by atoms with E-state index in [4.69, 9.17) is 5.73 Å². The Morgan fingerprint density at radius 1 is 1.25 bits per heavy atom. The monoisotopic (exact) mass is 238 g/mol. The predicted molar refractivity (Wildman–Crippen MR) is 68.6 cm³/mol. The van der Waals surface area contributed by atoms with E-state index < -0.39 is 0 Å². The number of nitrogens with zero attached hydrogens (tertiary/aromatic N) is 1. The molecule has 1 atom stereocenters. The Hall–Kier alpha value is -0.570. The van der Waals surface area contributed by atoms with E-state index in [1.807, 2.05) is 0 Å². The van der Waals surface area contributed by atoms with E-state index in [9.17, 15) is 0 Å². The minimum Gasteiger partial charge on any atom is -0.326 e. The van der Waals surface area contributed by atoms with E-state index in [2.05, 4.69) is 35.2 Å². The highest BCUT2D eigenvalue weighted by molar-refractivity contribution is 5.85. The molecule has 1 aromatic carbocycles. The summed E-state index contributed by atoms with van der Waals surface area (Å²) in [4.78, 5) is 2.51. The van der Waals surface area contributed by atoms with Crippen molar-refractivity contribution in [3.8, 4) is 0 Å². The van der Waals surface area contributed by atoms with Crippen molar-refractivity contribution in [1.82, 2.24) is 4.90 Å². The van der Waals surface area contributed by atoms with Crippen molar-refractivity contribution in [3.05, 3.63) is 35.9 Å². The lowest BCUT2D eigenvalue weighted by molar-refractivity contribution is 0.312. The van der Waals surface area contributed by atoms with Crippen LogP contribution in [0.25, 0.3) is 0 Å². The number of hydrogen-bond acceptors (Lipinski definition) is 2. The number of hydrogen-bond donors (Lipinski definition) is 1. The van der Waals surface area contributed by atoms with Gasteiger partial charge >= 0.3 is 0 Å². The molecule has 1 aliphatic carbocycles. The van der Waals surface area contributed by atoms with E-state index in [0.29, 0.717) is 11.5 Å². The van der Waals surface area contributed by atoms with Crippen molar-refractivity contribution in [2.24, 2.45) is 11.1 Å². The molecule has 0 aromatic heterocycles. The highest BCUT2D eigenvalue weighted by Gasteiger charge is 2.53. The predicted octanol–water partition coefficient (Wildman–Crippen LogP) is 2.03. The smallest absolute Gasteiger partial charge is 0.0237 e. The zero-order chi connectivity index (χ0) is 10.3. The minimum atomic E-state index is 0. The van der Waals surface area contributed by atoms with Gasteiger partial charge in [0.05, 0.1) is 0 Å². The first-order valence-corrected chi connectivity index (χ1v) is 5.80. The molecule has 88 valence electrons. The van der Waals surface area contributed by atoms with Gasteiger partial charge in [0.1, 0.15) is 0 Å². The molecule has 1 heterocycles. The number of halogens is 1. The third kappa shape index (κ3) is 2.10. The molecule has 1 spiro atoms. The van der Waals surface area contributed by atoms with Gasteiger partial charge in [0.25, 0.3) is 0 Å². The molecule has 0 radical (unpaired) electrons. The van der Waals surface area contributed by atoms with Gasteiger partial charge in [-0.25, -0.2) is 0 Å². The zero-order valence-electron chi connectivity index (χ0n) is 9.43. The number of likely N-dealkylation sites (tertiary alicyclic amines) is 1. The molecule has 3 rings (SSSR count). The molecule has 3 heteroatoms. The largest absolute Gasteiger partial charge is 0.326 e. The Morgan fingerprint density at radius 2 is 1.94 bits per heavy atom. The van der Waals surface area contributed by atoms with Crippen molar-refractivity contribution in [3.63, 3.8) is 0 Å². The maximum absolute atomic E-state index is 6.18. The summed E-state index contributed by atoms with van der Waals surface area (Å²) in [5.74, 6) is 0. The second kappa shape index (κ2) is 4.36. The van der Waals surface area contributed by atoms with Crippen LogP contribution in [0.5, 0.6) is 0 Å². The summed E-state index contributed by atoms with van der Waals surface area (Å²) in [6, 6.07) is 11.1. The fourth-order valence-corrected chi connectivity index (χ4v) is 2.75. The lowest BCUT2D eigenvalue weighted by Gasteiger charge is -2.15. The topological polar surface area (TPSA) is 29.3 Å². The molecule has 0 bridgehead atoms. The van der Waals surface area contributed by atoms with Crippen LogP contribution in [-0.2, 0) is 6.54 Å². The first kappa shape index (κ1) is 11.9. The molecular weight excluding hydrogens is 220 g/mol. The molecule has 1 saturated carbocycles. The fraction of sp³-hybridized carbons (Fsp3) is 0.538. The number of rotatable bonds is 2. The molecule has 1 aromatic rings. The Bertz CT molecular complexity index is 348. The summed E-state index contributed by atoms with van der Waals surface area (Å²) in [6.07, 6.45) is 2.69. The Morgan fingerprint density at radius 3 is 2.50 bits per heavy atom. The first-order chi connectivity index (χ1) is 7.28. The summed E-state index contributed by atoms with van der Waals surface area (Å²) in [6.45, 7) is 3.36. The molecule has 1 saturated heterocycles. The van der Waals surface area contributed by atoms with Crippen molar-refractivity contribution >= 4 is 12.4 Å². The second-order valence-corrected chi connectivity index (χ2v) is 5.12. The lowest BCUT2D eigenvalue weighted by atomic mass is 10.0. The van der Waals surface area contributed by atoms with E-state index in [1.54, 1.807) is 0 Å². The number of benzene rings is 1. The van der Waals surface area contributed by atoms with Gasteiger partial charge in [0, 0.05) is 25.7 Å². The molecule has 2 fully saturated rings. The highest BCUT2D eigenvalue weighted by atomic mass is 35.5. The normalized spacial score (nSPS) is 26.7. The van der Waals surface area contributed by atoms with E-state index in [1.165, 1.54) is 24.9 Å². The van der Waals surface area contributed by atoms with Crippen LogP contribution in [-0.4, -0.2) is 24.0 Å². The molecule has 1 aliphatic heterocycles. The van der Waals surface area contributed by atoms with E-state index in [0.717, 1.165) is 13.1 Å². The fourth-order valence-electron chi connectivity index (χ4n) is 2.75. The average molecular weight is 239 g/mol. The van der Waals surface area contributed by atoms with E-state index in [-0.39, 0.29) is 12.4 Å². The summed E-state index contributed by atoms with van der Waals surface area (Å²) in [7, 11) is 0. The average Bonchev–Trinajstić information content (AvgIpc) is 2.93. The zero-order valence-corrected chi connectivity index (χ0v) is 10.2. The molecule has 0 amide bonds. The molecular formula is C13H19ClN2. The van der Waals surface area contributed by atoms with Crippen LogP contribution < -0.4 is 5.73 Å². The maximum Gasteiger partial charge on any atom is 0.0237 e. The van der Waals surface area contributed by atoms with Crippen LogP contribution in [0.1, 0.15) is 18.4 Å². The van der Waals surface area contributed by atoms with Crippen LogP contribution in [0.15, 0.2) is 30.3 Å². The van der Waals surface area contributed by atoms with Gasteiger partial charge < -0.3 is 5.73 Å². The molecule has 2 aliphatic rings. The van der Waals surface area contributed by atoms with Crippen molar-refractivity contribution < 1.29 is 0 Å². The van der Waals surface area contributed by atoms with Crippen LogP contribution in [0.3, 0.4) is 0 Å². The summed E-state index contributed by atoms with van der Waals surface area (Å²) in [5.41, 5.74) is 8.09. The molecule has 2 nitrogen and oxygen atoms in total. The van der Waals surface area contributed by atoms with Gasteiger partial charge in [-0.3, -0.25) is 4.90 Å². The van der Waals surface area contributed by atoms with Crippen molar-refractivity contribution in [1.29, 1.82) is 0 Å². The Labute approximate surface area is 103 Å². The SMILES string of the molecule is Cl.NC1CN(Cc2ccccc2)CC12CC2. The third-order valence-electron chi connectivity index (χ3n) is 3.92. The van der Waals surface area contributed by atoms with Crippen molar-refractivity contribution in [2.75, 3.05) is 13.1 Å². The Balaban J connectivity index is 0.000000963. The Kier molecular flexibility index (Phi) is 3.24. The highest BCUT2D eigenvalue weighted by Crippen LogP contribution is 2.52. The van der Waals surface area contributed by atoms with Crippen LogP contribution in [0.2, 0.25) is 0 Å². The van der Waals surface area contributed by atoms with Crippen molar-refractivity contribution in [2.45, 2.75) is 25.4 Å².